The fraction of sp³-hybridized carbons (Fsp3) is 0.188. The number of halogens is 1. The van der Waals surface area contributed by atoms with Gasteiger partial charge >= 0.3 is 0 Å². The maximum atomic E-state index is 13.1. The Kier molecular flexibility index (Phi) is 3.85. The van der Waals surface area contributed by atoms with Crippen LogP contribution in [0.5, 0.6) is 0 Å². The molecule has 3 rings (SSSR count). The minimum absolute atomic E-state index is 0.275. The highest BCUT2D eigenvalue weighted by Crippen LogP contribution is 2.24. The molecule has 0 aliphatic heterocycles. The van der Waals surface area contributed by atoms with E-state index in [1.165, 1.54) is 12.1 Å². The van der Waals surface area contributed by atoms with Crippen LogP contribution in [-0.2, 0) is 6.54 Å². The number of fused-ring (bicyclic) bond motifs is 1. The van der Waals surface area contributed by atoms with Crippen molar-refractivity contribution in [1.82, 2.24) is 14.5 Å². The number of aromatic nitrogens is 3. The highest BCUT2D eigenvalue weighted by atomic mass is 32.1. The molecule has 0 saturated carbocycles. The van der Waals surface area contributed by atoms with Gasteiger partial charge in [-0.05, 0) is 42.8 Å². The smallest absolute Gasteiger partial charge is 0.160 e. The highest BCUT2D eigenvalue weighted by molar-refractivity contribution is 7.80. The van der Waals surface area contributed by atoms with Crippen molar-refractivity contribution in [3.63, 3.8) is 0 Å². The zero-order valence-corrected chi connectivity index (χ0v) is 12.9. The molecule has 1 aromatic carbocycles. The molecule has 0 amide bonds. The van der Waals surface area contributed by atoms with E-state index in [4.69, 9.17) is 18.0 Å². The second-order valence-corrected chi connectivity index (χ2v) is 5.69. The van der Waals surface area contributed by atoms with Crippen molar-refractivity contribution in [3.05, 3.63) is 47.9 Å². The lowest BCUT2D eigenvalue weighted by molar-refractivity contribution is 0.628. The molecular weight excluding hydrogens is 299 g/mol. The van der Waals surface area contributed by atoms with Crippen molar-refractivity contribution in [1.29, 1.82) is 0 Å². The number of nitrogens with two attached hydrogens (primary N) is 1. The zero-order valence-electron chi connectivity index (χ0n) is 12.1. The fourth-order valence-corrected chi connectivity index (χ4v) is 2.46. The molecule has 0 unspecified atom stereocenters. The fourth-order valence-electron chi connectivity index (χ4n) is 2.36. The molecule has 0 saturated heterocycles. The van der Waals surface area contributed by atoms with Gasteiger partial charge in [-0.15, -0.1) is 0 Å². The Hall–Kier alpha value is -2.34. The van der Waals surface area contributed by atoms with Gasteiger partial charge in [-0.3, -0.25) is 0 Å². The minimum atomic E-state index is -0.275. The standard InChI is InChI=1S/C16H15FN4S/c1-10-8-13-16(19-9-10)21(7-6-14(18)22)15(20-13)11-2-4-12(17)5-3-11/h2-5,8-9H,6-7H2,1H3,(H2,18,22). The maximum Gasteiger partial charge on any atom is 0.160 e. The van der Waals surface area contributed by atoms with E-state index in [9.17, 15) is 4.39 Å². The third-order valence-electron chi connectivity index (χ3n) is 3.41. The lowest BCUT2D eigenvalue weighted by Crippen LogP contribution is -2.12. The Morgan fingerprint density at radius 2 is 2.05 bits per heavy atom. The van der Waals surface area contributed by atoms with E-state index in [0.717, 1.165) is 28.1 Å². The predicted molar refractivity (Wildman–Crippen MR) is 89.1 cm³/mol. The van der Waals surface area contributed by atoms with Gasteiger partial charge in [0.25, 0.3) is 0 Å². The molecule has 2 aromatic heterocycles. The van der Waals surface area contributed by atoms with Gasteiger partial charge in [0.15, 0.2) is 5.65 Å². The maximum absolute atomic E-state index is 13.1. The van der Waals surface area contributed by atoms with Gasteiger partial charge in [0.05, 0.1) is 4.99 Å². The Morgan fingerprint density at radius 3 is 2.73 bits per heavy atom. The Morgan fingerprint density at radius 1 is 1.32 bits per heavy atom. The van der Waals surface area contributed by atoms with Crippen LogP contribution in [0, 0.1) is 12.7 Å². The molecule has 0 atom stereocenters. The molecule has 0 spiro atoms. The first-order valence-electron chi connectivity index (χ1n) is 6.92. The van der Waals surface area contributed by atoms with Crippen molar-refractivity contribution < 1.29 is 4.39 Å². The number of rotatable bonds is 4. The summed E-state index contributed by atoms with van der Waals surface area (Å²) in [5.74, 6) is 0.466. The first-order valence-corrected chi connectivity index (χ1v) is 7.32. The lowest BCUT2D eigenvalue weighted by Gasteiger charge is -2.08. The SMILES string of the molecule is Cc1cnc2c(c1)nc(-c1ccc(F)cc1)n2CCC(N)=S. The van der Waals surface area contributed by atoms with E-state index < -0.39 is 0 Å². The van der Waals surface area contributed by atoms with Gasteiger partial charge in [-0.1, -0.05) is 12.2 Å². The normalized spacial score (nSPS) is 11.0. The monoisotopic (exact) mass is 314 g/mol. The number of aryl methyl sites for hydroxylation is 2. The van der Waals surface area contributed by atoms with Crippen molar-refractivity contribution in [2.24, 2.45) is 5.73 Å². The summed E-state index contributed by atoms with van der Waals surface area (Å²) in [4.78, 5) is 9.55. The van der Waals surface area contributed by atoms with E-state index >= 15 is 0 Å². The van der Waals surface area contributed by atoms with Gasteiger partial charge < -0.3 is 10.3 Å². The van der Waals surface area contributed by atoms with E-state index in [1.807, 2.05) is 17.6 Å². The molecule has 112 valence electrons. The summed E-state index contributed by atoms with van der Waals surface area (Å²) in [6, 6.07) is 8.24. The molecule has 22 heavy (non-hydrogen) atoms. The summed E-state index contributed by atoms with van der Waals surface area (Å²) < 4.78 is 15.1. The van der Waals surface area contributed by atoms with Gasteiger partial charge in [0.2, 0.25) is 0 Å². The van der Waals surface area contributed by atoms with Crippen LogP contribution in [0.15, 0.2) is 36.5 Å². The number of pyridine rings is 1. The molecule has 0 radical (unpaired) electrons. The Bertz CT molecular complexity index is 839. The van der Waals surface area contributed by atoms with Gasteiger partial charge in [0.1, 0.15) is 17.2 Å². The number of imidazole rings is 1. The van der Waals surface area contributed by atoms with Gasteiger partial charge in [-0.2, -0.15) is 0 Å². The van der Waals surface area contributed by atoms with Crippen LogP contribution >= 0.6 is 12.2 Å². The van der Waals surface area contributed by atoms with E-state index in [-0.39, 0.29) is 5.82 Å². The van der Waals surface area contributed by atoms with Crippen LogP contribution in [0.1, 0.15) is 12.0 Å². The summed E-state index contributed by atoms with van der Waals surface area (Å²) in [5, 5.41) is 0. The van der Waals surface area contributed by atoms with Crippen LogP contribution in [0.4, 0.5) is 4.39 Å². The van der Waals surface area contributed by atoms with Gasteiger partial charge in [-0.25, -0.2) is 14.4 Å². The molecule has 0 aliphatic carbocycles. The van der Waals surface area contributed by atoms with Crippen molar-refractivity contribution in [2.45, 2.75) is 19.9 Å². The first-order chi connectivity index (χ1) is 10.5. The summed E-state index contributed by atoms with van der Waals surface area (Å²) in [5.41, 5.74) is 9.07. The molecule has 0 aliphatic rings. The molecule has 0 bridgehead atoms. The zero-order chi connectivity index (χ0) is 15.7. The molecule has 6 heteroatoms. The topological polar surface area (TPSA) is 56.7 Å². The lowest BCUT2D eigenvalue weighted by atomic mass is 10.2. The summed E-state index contributed by atoms with van der Waals surface area (Å²) in [6.45, 7) is 2.56. The summed E-state index contributed by atoms with van der Waals surface area (Å²) in [7, 11) is 0. The molecule has 2 heterocycles. The van der Waals surface area contributed by atoms with Crippen molar-refractivity contribution in [2.75, 3.05) is 0 Å². The number of benzene rings is 1. The second-order valence-electron chi connectivity index (χ2n) is 5.17. The average molecular weight is 314 g/mol. The second kappa shape index (κ2) is 5.81. The van der Waals surface area contributed by atoms with Crippen LogP contribution in [-0.4, -0.2) is 19.5 Å². The van der Waals surface area contributed by atoms with E-state index in [1.54, 1.807) is 18.3 Å². The highest BCUT2D eigenvalue weighted by Gasteiger charge is 2.14. The third-order valence-corrected chi connectivity index (χ3v) is 3.61. The quantitative estimate of drug-likeness (QED) is 0.751. The molecular formula is C16H15FN4S. The average Bonchev–Trinajstić information content (AvgIpc) is 2.83. The summed E-state index contributed by atoms with van der Waals surface area (Å²) >= 11 is 4.96. The number of hydrogen-bond acceptors (Lipinski definition) is 3. The molecule has 0 fully saturated rings. The number of nitrogens with zero attached hydrogens (tertiary/aromatic N) is 3. The van der Waals surface area contributed by atoms with Crippen LogP contribution in [0.25, 0.3) is 22.6 Å². The predicted octanol–water partition coefficient (Wildman–Crippen LogP) is 3.22. The Balaban J connectivity index is 2.16. The number of hydrogen-bond donors (Lipinski definition) is 1. The molecule has 2 N–H and O–H groups in total. The van der Waals surface area contributed by atoms with Crippen molar-refractivity contribution in [3.8, 4) is 11.4 Å². The van der Waals surface area contributed by atoms with Crippen LogP contribution in [0.3, 0.4) is 0 Å². The third kappa shape index (κ3) is 2.82. The first kappa shape index (κ1) is 14.6. The van der Waals surface area contributed by atoms with E-state index in [2.05, 4.69) is 9.97 Å². The molecule has 3 aromatic rings. The number of thiocarbonyl (C=S) groups is 1. The largest absolute Gasteiger partial charge is 0.393 e. The Labute approximate surface area is 132 Å². The van der Waals surface area contributed by atoms with Crippen LogP contribution < -0.4 is 5.73 Å². The van der Waals surface area contributed by atoms with Crippen LogP contribution in [0.2, 0.25) is 0 Å². The minimum Gasteiger partial charge on any atom is -0.393 e. The molecule has 4 nitrogen and oxygen atoms in total. The van der Waals surface area contributed by atoms with Gasteiger partial charge in [0, 0.05) is 24.7 Å². The van der Waals surface area contributed by atoms with E-state index in [0.29, 0.717) is 18.0 Å². The van der Waals surface area contributed by atoms with Crippen molar-refractivity contribution >= 4 is 28.4 Å². The summed E-state index contributed by atoms with van der Waals surface area (Å²) in [6.07, 6.45) is 2.36.